The van der Waals surface area contributed by atoms with E-state index >= 15 is 0 Å². The lowest BCUT2D eigenvalue weighted by Crippen LogP contribution is -2.41. The Hall–Kier alpha value is -2.92. The molecule has 0 spiro atoms. The fourth-order valence-corrected chi connectivity index (χ4v) is 4.51. The summed E-state index contributed by atoms with van der Waals surface area (Å²) in [5, 5.41) is 11.3. The number of nitrogens with zero attached hydrogens (tertiary/aromatic N) is 4. The number of fused-ring (bicyclic) bond motifs is 1. The molecule has 0 aliphatic carbocycles. The maximum absolute atomic E-state index is 13.2. The number of carbonyl (C=O) groups is 2. The van der Waals surface area contributed by atoms with Crippen molar-refractivity contribution in [3.8, 4) is 0 Å². The lowest BCUT2D eigenvalue weighted by atomic mass is 9.77. The molecule has 2 aliphatic rings. The smallest absolute Gasteiger partial charge is 0.444 e. The topological polar surface area (TPSA) is 108 Å². The first kappa shape index (κ1) is 29.1. The summed E-state index contributed by atoms with van der Waals surface area (Å²) in [4.78, 5) is 28.0. The van der Waals surface area contributed by atoms with E-state index in [1.54, 1.807) is 15.8 Å². The number of carbonyl (C=O) groups excluding carboxylic acids is 2. The summed E-state index contributed by atoms with van der Waals surface area (Å²) in [6.07, 6.45) is 1.78. The number of amides is 2. The summed E-state index contributed by atoms with van der Waals surface area (Å²) >= 11 is 0. The maximum atomic E-state index is 13.2. The highest BCUT2D eigenvalue weighted by atomic mass is 16.7. The van der Waals surface area contributed by atoms with E-state index in [1.165, 1.54) is 0 Å². The van der Waals surface area contributed by atoms with Crippen molar-refractivity contribution in [1.29, 1.82) is 0 Å². The van der Waals surface area contributed by atoms with Crippen molar-refractivity contribution in [2.45, 2.75) is 111 Å². The number of hydrogen-bond acceptors (Lipinski definition) is 7. The second-order valence-corrected chi connectivity index (χ2v) is 13.5. The number of nitrogens with one attached hydrogen (secondary N) is 1. The Kier molecular flexibility index (Phi) is 7.40. The van der Waals surface area contributed by atoms with Gasteiger partial charge in [-0.05, 0) is 92.2 Å². The van der Waals surface area contributed by atoms with Gasteiger partial charge in [0.25, 0.3) is 5.91 Å². The van der Waals surface area contributed by atoms with Crippen molar-refractivity contribution >= 4 is 24.6 Å². The SMILES string of the molecule is CC(C)(C)OC(=O)N1CCC(NC(=O)c2cn(C(C)(C)C)nn2)c2ccc(B3OC(C)(C)C(C)(C)O3)cc2C1. The van der Waals surface area contributed by atoms with Gasteiger partial charge in [0.05, 0.1) is 29.0 Å². The fraction of sp³-hybridized carbons (Fsp3) is 0.643. The standard InChI is InChI=1S/C28H42BN5O5/c1-25(2,3)34-17-22(31-32-34)23(35)30-21-13-14-33(24(36)37-26(4,5)6)16-18-15-19(11-12-20(18)21)29-38-27(7,8)28(9,10)39-29/h11-12,15,17,21H,13-14,16H2,1-10H3,(H,30,35). The molecular formula is C28H42BN5O5. The van der Waals surface area contributed by atoms with E-state index in [1.807, 2.05) is 87.4 Å². The minimum absolute atomic E-state index is 0.244. The van der Waals surface area contributed by atoms with Crippen LogP contribution in [0.3, 0.4) is 0 Å². The van der Waals surface area contributed by atoms with Crippen molar-refractivity contribution < 1.29 is 23.6 Å². The van der Waals surface area contributed by atoms with Crippen LogP contribution in [0.1, 0.15) is 103 Å². The first-order chi connectivity index (χ1) is 17.9. The molecule has 1 fully saturated rings. The van der Waals surface area contributed by atoms with Gasteiger partial charge in [-0.1, -0.05) is 23.4 Å². The lowest BCUT2D eigenvalue weighted by molar-refractivity contribution is 0.00578. The van der Waals surface area contributed by atoms with Crippen LogP contribution >= 0.6 is 0 Å². The van der Waals surface area contributed by atoms with Gasteiger partial charge in [0.1, 0.15) is 5.60 Å². The Morgan fingerprint density at radius 3 is 2.28 bits per heavy atom. The molecule has 1 N–H and O–H groups in total. The highest BCUT2D eigenvalue weighted by Crippen LogP contribution is 2.37. The Bertz CT molecular complexity index is 1230. The van der Waals surface area contributed by atoms with Gasteiger partial charge in [0.15, 0.2) is 5.69 Å². The molecule has 1 atom stereocenters. The van der Waals surface area contributed by atoms with E-state index < -0.39 is 30.0 Å². The van der Waals surface area contributed by atoms with E-state index in [0.29, 0.717) is 19.5 Å². The van der Waals surface area contributed by atoms with Crippen LogP contribution in [-0.2, 0) is 26.1 Å². The third-order valence-corrected chi connectivity index (χ3v) is 7.49. The molecule has 10 nitrogen and oxygen atoms in total. The van der Waals surface area contributed by atoms with Gasteiger partial charge in [0.2, 0.25) is 0 Å². The van der Waals surface area contributed by atoms with Crippen molar-refractivity contribution in [3.63, 3.8) is 0 Å². The van der Waals surface area contributed by atoms with Gasteiger partial charge in [-0.2, -0.15) is 0 Å². The van der Waals surface area contributed by atoms with Gasteiger partial charge < -0.3 is 24.3 Å². The average molecular weight is 539 g/mol. The minimum Gasteiger partial charge on any atom is -0.444 e. The van der Waals surface area contributed by atoms with Gasteiger partial charge >= 0.3 is 13.2 Å². The molecule has 2 aliphatic heterocycles. The second-order valence-electron chi connectivity index (χ2n) is 13.5. The molecule has 212 valence electrons. The predicted molar refractivity (Wildman–Crippen MR) is 149 cm³/mol. The molecule has 0 bridgehead atoms. The van der Waals surface area contributed by atoms with E-state index in [2.05, 4.69) is 15.6 Å². The highest BCUT2D eigenvalue weighted by Gasteiger charge is 2.51. The summed E-state index contributed by atoms with van der Waals surface area (Å²) in [5.74, 6) is -0.317. The molecule has 2 amide bonds. The van der Waals surface area contributed by atoms with E-state index in [4.69, 9.17) is 14.0 Å². The zero-order valence-electron chi connectivity index (χ0n) is 24.9. The van der Waals surface area contributed by atoms with E-state index in [-0.39, 0.29) is 23.2 Å². The van der Waals surface area contributed by atoms with Crippen LogP contribution in [0.4, 0.5) is 4.79 Å². The zero-order valence-corrected chi connectivity index (χ0v) is 24.9. The normalized spacial score (nSPS) is 20.8. The monoisotopic (exact) mass is 539 g/mol. The predicted octanol–water partition coefficient (Wildman–Crippen LogP) is 3.94. The van der Waals surface area contributed by atoms with Gasteiger partial charge in [-0.25, -0.2) is 9.48 Å². The molecule has 0 radical (unpaired) electrons. The third kappa shape index (κ3) is 6.30. The first-order valence-corrected chi connectivity index (χ1v) is 13.6. The van der Waals surface area contributed by atoms with Gasteiger partial charge in [-0.15, -0.1) is 5.10 Å². The third-order valence-electron chi connectivity index (χ3n) is 7.49. The van der Waals surface area contributed by atoms with Crippen LogP contribution < -0.4 is 10.8 Å². The number of ether oxygens (including phenoxy) is 1. The van der Waals surface area contributed by atoms with Crippen LogP contribution in [0.2, 0.25) is 0 Å². The van der Waals surface area contributed by atoms with Crippen molar-refractivity contribution in [1.82, 2.24) is 25.2 Å². The molecule has 1 saturated heterocycles. The minimum atomic E-state index is -0.622. The summed E-state index contributed by atoms with van der Waals surface area (Å²) in [5.41, 5.74) is 1.06. The quantitative estimate of drug-likeness (QED) is 0.589. The van der Waals surface area contributed by atoms with Crippen LogP contribution in [0, 0.1) is 0 Å². The molecule has 2 aromatic rings. The van der Waals surface area contributed by atoms with Crippen molar-refractivity contribution in [3.05, 3.63) is 41.2 Å². The Balaban J connectivity index is 1.64. The summed E-state index contributed by atoms with van der Waals surface area (Å²) in [6, 6.07) is 5.63. The molecule has 3 heterocycles. The van der Waals surface area contributed by atoms with Gasteiger partial charge in [0, 0.05) is 13.1 Å². The molecule has 0 saturated carbocycles. The number of hydrogen-bond donors (Lipinski definition) is 1. The molecule has 1 unspecified atom stereocenters. The van der Waals surface area contributed by atoms with E-state index in [9.17, 15) is 9.59 Å². The Morgan fingerprint density at radius 1 is 1.08 bits per heavy atom. The van der Waals surface area contributed by atoms with Crippen molar-refractivity contribution in [2.24, 2.45) is 0 Å². The maximum Gasteiger partial charge on any atom is 0.494 e. The molecular weight excluding hydrogens is 497 g/mol. The molecule has 11 heteroatoms. The zero-order chi connectivity index (χ0) is 29.0. The van der Waals surface area contributed by atoms with Crippen LogP contribution in [0.5, 0.6) is 0 Å². The highest BCUT2D eigenvalue weighted by molar-refractivity contribution is 6.62. The fourth-order valence-electron chi connectivity index (χ4n) is 4.51. The number of aromatic nitrogens is 3. The average Bonchev–Trinajstić information content (AvgIpc) is 3.31. The number of benzene rings is 1. The Labute approximate surface area is 231 Å². The second kappa shape index (κ2) is 9.93. The largest absolute Gasteiger partial charge is 0.494 e. The summed E-state index contributed by atoms with van der Waals surface area (Å²) in [6.45, 7) is 20.3. The van der Waals surface area contributed by atoms with Crippen LogP contribution in [0.25, 0.3) is 0 Å². The lowest BCUT2D eigenvalue weighted by Gasteiger charge is -2.32. The first-order valence-electron chi connectivity index (χ1n) is 13.6. The molecule has 4 rings (SSSR count). The van der Waals surface area contributed by atoms with Crippen LogP contribution in [0.15, 0.2) is 24.4 Å². The Morgan fingerprint density at radius 2 is 1.72 bits per heavy atom. The van der Waals surface area contributed by atoms with Crippen LogP contribution in [-0.4, -0.2) is 62.4 Å². The van der Waals surface area contributed by atoms with E-state index in [0.717, 1.165) is 16.6 Å². The molecule has 1 aromatic heterocycles. The van der Waals surface area contributed by atoms with Gasteiger partial charge in [-0.3, -0.25) is 4.79 Å². The summed E-state index contributed by atoms with van der Waals surface area (Å²) < 4.78 is 19.9. The summed E-state index contributed by atoms with van der Waals surface area (Å²) in [7, 11) is -0.543. The van der Waals surface area contributed by atoms with Crippen molar-refractivity contribution in [2.75, 3.05) is 6.54 Å². The molecule has 1 aromatic carbocycles. The molecule has 39 heavy (non-hydrogen) atoms. The number of rotatable bonds is 3.